The summed E-state index contributed by atoms with van der Waals surface area (Å²) >= 11 is 6.36. The molecule has 4 N–H and O–H groups in total. The van der Waals surface area contributed by atoms with Crippen LogP contribution in [0.1, 0.15) is 11.1 Å². The van der Waals surface area contributed by atoms with Gasteiger partial charge in [-0.25, -0.2) is 20.8 Å². The summed E-state index contributed by atoms with van der Waals surface area (Å²) in [4.78, 5) is 8.61. The van der Waals surface area contributed by atoms with Crippen LogP contribution in [-0.2, 0) is 0 Å². The molecule has 0 unspecified atom stereocenters. The van der Waals surface area contributed by atoms with Crippen LogP contribution < -0.4 is 21.5 Å². The Morgan fingerprint density at radius 1 is 0.758 bits per heavy atom. The average molecular weight is 506 g/mol. The second kappa shape index (κ2) is 11.2. The number of benzene rings is 3. The first kappa shape index (κ1) is 24.6. The summed E-state index contributed by atoms with van der Waals surface area (Å²) in [6.07, 6.45) is 3.65. The van der Waals surface area contributed by atoms with Gasteiger partial charge >= 0.3 is 0 Å². The quantitative estimate of drug-likeness (QED) is 0.249. The van der Waals surface area contributed by atoms with E-state index in [9.17, 15) is 0 Å². The highest BCUT2D eigenvalue weighted by atomic mass is 35.5. The van der Waals surface area contributed by atoms with Gasteiger partial charge in [-0.1, -0.05) is 41.9 Å². The number of halogens is 3. The van der Waals surface area contributed by atoms with Gasteiger partial charge in [-0.15, -0.1) is 24.8 Å². The second-order valence-electron chi connectivity index (χ2n) is 7.12. The van der Waals surface area contributed by atoms with Crippen molar-refractivity contribution in [2.24, 2.45) is 20.2 Å². The van der Waals surface area contributed by atoms with E-state index in [1.807, 2.05) is 42.8 Å². The molecule has 0 atom stereocenters. The molecule has 0 saturated carbocycles. The SMILES string of the molecule is Cl.Cl.Clc1ccc2c(/C=N/NC3=NCCN3)c3ccccc3c(/C=N/NC3=NCCN3)c2c1. The van der Waals surface area contributed by atoms with Gasteiger partial charge in [-0.05, 0) is 33.7 Å². The Morgan fingerprint density at radius 3 is 1.79 bits per heavy atom. The summed E-state index contributed by atoms with van der Waals surface area (Å²) in [5.41, 5.74) is 7.93. The van der Waals surface area contributed by atoms with E-state index < -0.39 is 0 Å². The molecule has 0 saturated heterocycles. The van der Waals surface area contributed by atoms with Crippen molar-refractivity contribution >= 4 is 82.3 Å². The van der Waals surface area contributed by atoms with Crippen LogP contribution in [0.25, 0.3) is 21.5 Å². The molecule has 11 heteroatoms. The molecular formula is C22H23Cl3N8. The van der Waals surface area contributed by atoms with Crippen LogP contribution in [0.5, 0.6) is 0 Å². The van der Waals surface area contributed by atoms with E-state index in [1.165, 1.54) is 0 Å². The molecular weight excluding hydrogens is 483 g/mol. The van der Waals surface area contributed by atoms with Gasteiger partial charge in [-0.3, -0.25) is 0 Å². The third-order valence-electron chi connectivity index (χ3n) is 5.15. The normalized spacial score (nSPS) is 15.1. The van der Waals surface area contributed by atoms with E-state index in [2.05, 4.69) is 53.8 Å². The molecule has 0 radical (unpaired) electrons. The molecule has 0 spiro atoms. The fourth-order valence-corrected chi connectivity index (χ4v) is 3.93. The largest absolute Gasteiger partial charge is 0.353 e. The summed E-state index contributed by atoms with van der Waals surface area (Å²) in [6.45, 7) is 3.16. The van der Waals surface area contributed by atoms with Crippen molar-refractivity contribution in [3.05, 3.63) is 58.6 Å². The summed E-state index contributed by atoms with van der Waals surface area (Å²) in [5.74, 6) is 1.37. The van der Waals surface area contributed by atoms with Gasteiger partial charge in [0.2, 0.25) is 11.9 Å². The lowest BCUT2D eigenvalue weighted by atomic mass is 9.92. The van der Waals surface area contributed by atoms with E-state index in [0.717, 1.165) is 58.9 Å². The summed E-state index contributed by atoms with van der Waals surface area (Å²) < 4.78 is 0. The molecule has 0 fully saturated rings. The maximum Gasteiger partial charge on any atom is 0.212 e. The predicted octanol–water partition coefficient (Wildman–Crippen LogP) is 3.26. The van der Waals surface area contributed by atoms with E-state index in [1.54, 1.807) is 0 Å². The Bertz CT molecular complexity index is 1270. The Balaban J connectivity index is 0.00000153. The Labute approximate surface area is 208 Å². The number of fused-ring (bicyclic) bond motifs is 2. The van der Waals surface area contributed by atoms with Crippen molar-refractivity contribution in [3.8, 4) is 0 Å². The Morgan fingerprint density at radius 2 is 1.27 bits per heavy atom. The zero-order valence-corrected chi connectivity index (χ0v) is 19.9. The number of rotatable bonds is 4. The van der Waals surface area contributed by atoms with Crippen molar-refractivity contribution < 1.29 is 0 Å². The van der Waals surface area contributed by atoms with Crippen molar-refractivity contribution in [2.75, 3.05) is 26.2 Å². The lowest BCUT2D eigenvalue weighted by Crippen LogP contribution is -2.30. The number of nitrogens with zero attached hydrogens (tertiary/aromatic N) is 4. The van der Waals surface area contributed by atoms with Gasteiger partial charge in [0.25, 0.3) is 0 Å². The maximum atomic E-state index is 6.36. The molecule has 8 nitrogen and oxygen atoms in total. The lowest BCUT2D eigenvalue weighted by Gasteiger charge is -2.13. The molecule has 0 aliphatic carbocycles. The zero-order chi connectivity index (χ0) is 21.0. The minimum atomic E-state index is 0. The van der Waals surface area contributed by atoms with Crippen LogP contribution in [0.2, 0.25) is 5.02 Å². The number of guanidine groups is 2. The molecule has 172 valence electrons. The van der Waals surface area contributed by atoms with Gasteiger partial charge in [-0.2, -0.15) is 10.2 Å². The molecule has 2 aliphatic rings. The summed E-state index contributed by atoms with van der Waals surface area (Å²) in [7, 11) is 0. The second-order valence-corrected chi connectivity index (χ2v) is 7.55. The van der Waals surface area contributed by atoms with Crippen LogP contribution in [0, 0.1) is 0 Å². The highest BCUT2D eigenvalue weighted by Gasteiger charge is 2.13. The van der Waals surface area contributed by atoms with E-state index in [4.69, 9.17) is 11.6 Å². The topological polar surface area (TPSA) is 97.6 Å². The first-order chi connectivity index (χ1) is 15.3. The first-order valence-electron chi connectivity index (χ1n) is 10.1. The fraction of sp³-hybridized carbons (Fsp3) is 0.182. The number of aliphatic imine (C=N–C) groups is 2. The third kappa shape index (κ3) is 5.30. The molecule has 5 rings (SSSR count). The number of hydrogen-bond donors (Lipinski definition) is 4. The van der Waals surface area contributed by atoms with Gasteiger partial charge in [0.05, 0.1) is 25.5 Å². The molecule has 33 heavy (non-hydrogen) atoms. The van der Waals surface area contributed by atoms with Crippen molar-refractivity contribution in [3.63, 3.8) is 0 Å². The number of hydrazone groups is 2. The maximum absolute atomic E-state index is 6.36. The van der Waals surface area contributed by atoms with Crippen LogP contribution in [-0.4, -0.2) is 50.5 Å². The molecule has 0 bridgehead atoms. The lowest BCUT2D eigenvalue weighted by molar-refractivity contribution is 0.920. The standard InChI is InChI=1S/C22H21ClN8.2ClH/c23-14-5-6-17-18(11-14)20(13-29-31-22-26-9-10-27-22)16-4-2-1-3-15(16)19(17)12-28-30-21-24-7-8-25-21;;/h1-6,11-13H,7-10H2,(H2,24,25,30)(H2,26,27,31);2*1H/b28-12+,29-13+;;. The summed E-state index contributed by atoms with van der Waals surface area (Å²) in [6, 6.07) is 14.1. The number of nitrogens with one attached hydrogen (secondary N) is 4. The van der Waals surface area contributed by atoms with Gasteiger partial charge < -0.3 is 10.6 Å². The minimum absolute atomic E-state index is 0. The predicted molar refractivity (Wildman–Crippen MR) is 143 cm³/mol. The van der Waals surface area contributed by atoms with Crippen molar-refractivity contribution in [1.82, 2.24) is 21.5 Å². The Kier molecular flexibility index (Phi) is 8.32. The van der Waals surface area contributed by atoms with Crippen LogP contribution in [0.3, 0.4) is 0 Å². The van der Waals surface area contributed by atoms with Gasteiger partial charge in [0.15, 0.2) is 0 Å². The van der Waals surface area contributed by atoms with E-state index in [0.29, 0.717) is 16.9 Å². The number of hydrogen-bond acceptors (Lipinski definition) is 8. The monoisotopic (exact) mass is 504 g/mol. The fourth-order valence-electron chi connectivity index (χ4n) is 3.76. The minimum Gasteiger partial charge on any atom is -0.353 e. The van der Waals surface area contributed by atoms with E-state index in [-0.39, 0.29) is 24.8 Å². The summed E-state index contributed by atoms with van der Waals surface area (Å²) in [5, 5.41) is 20.0. The molecule has 0 aromatic heterocycles. The molecule has 0 amide bonds. The third-order valence-corrected chi connectivity index (χ3v) is 5.38. The smallest absolute Gasteiger partial charge is 0.212 e. The van der Waals surface area contributed by atoms with Gasteiger partial charge in [0, 0.05) is 29.2 Å². The molecule has 3 aromatic rings. The van der Waals surface area contributed by atoms with Crippen molar-refractivity contribution in [1.29, 1.82) is 0 Å². The first-order valence-corrected chi connectivity index (χ1v) is 10.5. The van der Waals surface area contributed by atoms with Crippen molar-refractivity contribution in [2.45, 2.75) is 0 Å². The highest BCUT2D eigenvalue weighted by Crippen LogP contribution is 2.33. The average Bonchev–Trinajstić information content (AvgIpc) is 3.49. The van der Waals surface area contributed by atoms with Crippen LogP contribution in [0.15, 0.2) is 62.7 Å². The molecule has 3 aromatic carbocycles. The zero-order valence-electron chi connectivity index (χ0n) is 17.5. The Hall–Kier alpha value is -3.07. The van der Waals surface area contributed by atoms with Crippen LogP contribution >= 0.6 is 36.4 Å². The van der Waals surface area contributed by atoms with Gasteiger partial charge in [0.1, 0.15) is 0 Å². The molecule has 2 aliphatic heterocycles. The van der Waals surface area contributed by atoms with E-state index >= 15 is 0 Å². The molecule has 2 heterocycles. The van der Waals surface area contributed by atoms with Crippen LogP contribution in [0.4, 0.5) is 0 Å². The highest BCUT2D eigenvalue weighted by molar-refractivity contribution is 6.32.